The number of hydrogen-bond donors (Lipinski definition) is 1. The highest BCUT2D eigenvalue weighted by molar-refractivity contribution is 7.17. The molecule has 2 heterocycles. The van der Waals surface area contributed by atoms with Crippen LogP contribution >= 0.6 is 22.7 Å². The molecule has 25 heavy (non-hydrogen) atoms. The van der Waals surface area contributed by atoms with Crippen LogP contribution in [0.3, 0.4) is 0 Å². The lowest BCUT2D eigenvalue weighted by Gasteiger charge is -2.36. The number of amides is 1. The summed E-state index contributed by atoms with van der Waals surface area (Å²) in [6.45, 7) is 8.86. The van der Waals surface area contributed by atoms with Crippen molar-refractivity contribution in [2.75, 3.05) is 5.32 Å². The zero-order chi connectivity index (χ0) is 18.2. The first kappa shape index (κ1) is 18.2. The van der Waals surface area contributed by atoms with Crippen LogP contribution in [-0.2, 0) is 12.8 Å². The molecule has 5 heteroatoms. The van der Waals surface area contributed by atoms with Crippen LogP contribution in [0.25, 0.3) is 0 Å². The Kier molecular flexibility index (Phi) is 5.04. The number of nitrogens with zero attached hydrogens (tertiary/aromatic N) is 1. The van der Waals surface area contributed by atoms with E-state index in [4.69, 9.17) is 0 Å². The van der Waals surface area contributed by atoms with E-state index in [0.717, 1.165) is 46.7 Å². The summed E-state index contributed by atoms with van der Waals surface area (Å²) in [6.07, 6.45) is 4.24. The van der Waals surface area contributed by atoms with Gasteiger partial charge in [-0.2, -0.15) is 5.26 Å². The molecule has 0 fully saturated rings. The predicted octanol–water partition coefficient (Wildman–Crippen LogP) is 5.78. The molecule has 0 unspecified atom stereocenters. The topological polar surface area (TPSA) is 52.9 Å². The summed E-state index contributed by atoms with van der Waals surface area (Å²) in [5.74, 6) is 0.534. The summed E-state index contributed by atoms with van der Waals surface area (Å²) >= 11 is 3.04. The second kappa shape index (κ2) is 6.93. The molecule has 0 aromatic carbocycles. The van der Waals surface area contributed by atoms with Gasteiger partial charge in [0.2, 0.25) is 0 Å². The Morgan fingerprint density at radius 1 is 1.48 bits per heavy atom. The maximum absolute atomic E-state index is 12.5. The van der Waals surface area contributed by atoms with E-state index >= 15 is 0 Å². The van der Waals surface area contributed by atoms with Crippen molar-refractivity contribution in [2.24, 2.45) is 11.3 Å². The highest BCUT2D eigenvalue weighted by atomic mass is 32.1. The molecule has 0 bridgehead atoms. The predicted molar refractivity (Wildman–Crippen MR) is 106 cm³/mol. The fourth-order valence-electron chi connectivity index (χ4n) is 3.51. The van der Waals surface area contributed by atoms with Crippen molar-refractivity contribution in [1.82, 2.24) is 0 Å². The molecule has 0 aliphatic heterocycles. The summed E-state index contributed by atoms with van der Waals surface area (Å²) < 4.78 is 0. The van der Waals surface area contributed by atoms with Crippen LogP contribution in [0.1, 0.15) is 64.9 Å². The van der Waals surface area contributed by atoms with Crippen LogP contribution in [0.5, 0.6) is 0 Å². The van der Waals surface area contributed by atoms with Crippen molar-refractivity contribution in [3.8, 4) is 6.07 Å². The minimum absolute atomic E-state index is 0.104. The van der Waals surface area contributed by atoms with Gasteiger partial charge < -0.3 is 5.32 Å². The molecule has 3 nitrogen and oxygen atoms in total. The zero-order valence-corrected chi connectivity index (χ0v) is 16.9. The first-order valence-corrected chi connectivity index (χ1v) is 10.5. The molecule has 2 aromatic rings. The van der Waals surface area contributed by atoms with Gasteiger partial charge in [-0.3, -0.25) is 4.79 Å². The van der Waals surface area contributed by atoms with Gasteiger partial charge in [-0.15, -0.1) is 22.7 Å². The lowest BCUT2D eigenvalue weighted by Crippen LogP contribution is -2.28. The quantitative estimate of drug-likeness (QED) is 0.739. The first-order valence-electron chi connectivity index (χ1n) is 8.77. The maximum atomic E-state index is 12.5. The van der Waals surface area contributed by atoms with E-state index in [1.807, 2.05) is 18.4 Å². The number of nitrogens with one attached hydrogen (secondary N) is 1. The van der Waals surface area contributed by atoms with E-state index in [2.05, 4.69) is 32.2 Å². The summed E-state index contributed by atoms with van der Waals surface area (Å²) in [5, 5.41) is 15.3. The number of thiophene rings is 2. The summed E-state index contributed by atoms with van der Waals surface area (Å²) in [5.41, 5.74) is 3.13. The minimum Gasteiger partial charge on any atom is -0.312 e. The smallest absolute Gasteiger partial charge is 0.266 e. The third-order valence-electron chi connectivity index (χ3n) is 5.69. The lowest BCUT2D eigenvalue weighted by molar-refractivity contribution is 0.103. The van der Waals surface area contributed by atoms with Crippen molar-refractivity contribution in [3.63, 3.8) is 0 Å². The average Bonchev–Trinajstić information content (AvgIpc) is 3.16. The highest BCUT2D eigenvalue weighted by Gasteiger charge is 2.34. The van der Waals surface area contributed by atoms with E-state index in [-0.39, 0.29) is 5.91 Å². The number of anilines is 1. The van der Waals surface area contributed by atoms with Gasteiger partial charge in [-0.1, -0.05) is 27.2 Å². The van der Waals surface area contributed by atoms with E-state index in [9.17, 15) is 10.1 Å². The third-order valence-corrected chi connectivity index (χ3v) is 7.87. The lowest BCUT2D eigenvalue weighted by atomic mass is 9.69. The summed E-state index contributed by atoms with van der Waals surface area (Å²) in [7, 11) is 0. The second-order valence-electron chi connectivity index (χ2n) is 7.49. The fraction of sp³-hybridized carbons (Fsp3) is 0.500. The van der Waals surface area contributed by atoms with Crippen molar-refractivity contribution in [3.05, 3.63) is 37.9 Å². The standard InChI is InChI=1S/C20H24N2OS2/c1-5-20(3,4)13-6-7-14-15(11-21)19(25-16(14)10-13)22-18(23)17-12(2)8-9-24-17/h8-9,13H,5-7,10H2,1-4H3,(H,22,23)/t13-/m0/s1. The van der Waals surface area contributed by atoms with Crippen LogP contribution in [-0.4, -0.2) is 5.91 Å². The Hall–Kier alpha value is -1.64. The highest BCUT2D eigenvalue weighted by Crippen LogP contribution is 2.45. The molecule has 2 aromatic heterocycles. The number of carbonyl (C=O) groups is 1. The molecule has 1 amide bonds. The molecule has 0 spiro atoms. The van der Waals surface area contributed by atoms with Gasteiger partial charge in [0.15, 0.2) is 0 Å². The maximum Gasteiger partial charge on any atom is 0.266 e. The number of nitriles is 1. The number of fused-ring (bicyclic) bond motifs is 1. The van der Waals surface area contributed by atoms with Crippen molar-refractivity contribution in [2.45, 2.75) is 53.4 Å². The number of rotatable bonds is 4. The van der Waals surface area contributed by atoms with Crippen LogP contribution < -0.4 is 5.32 Å². The van der Waals surface area contributed by atoms with E-state index < -0.39 is 0 Å². The average molecular weight is 373 g/mol. The Balaban J connectivity index is 1.87. The van der Waals surface area contributed by atoms with E-state index in [0.29, 0.717) is 16.9 Å². The SMILES string of the molecule is CCC(C)(C)[C@H]1CCc2c(sc(NC(=O)c3sccc3C)c2C#N)C1. The summed E-state index contributed by atoms with van der Waals surface area (Å²) in [6, 6.07) is 4.28. The molecule has 1 aliphatic carbocycles. The molecule has 0 radical (unpaired) electrons. The van der Waals surface area contributed by atoms with Crippen LogP contribution in [0.4, 0.5) is 5.00 Å². The van der Waals surface area contributed by atoms with Gasteiger partial charge in [0.05, 0.1) is 10.4 Å². The van der Waals surface area contributed by atoms with Gasteiger partial charge in [0.25, 0.3) is 5.91 Å². The fourth-order valence-corrected chi connectivity index (χ4v) is 5.61. The second-order valence-corrected chi connectivity index (χ2v) is 9.51. The van der Waals surface area contributed by atoms with Gasteiger partial charge in [0, 0.05) is 4.88 Å². The summed E-state index contributed by atoms with van der Waals surface area (Å²) in [4.78, 5) is 14.6. The number of carbonyl (C=O) groups excluding carboxylic acids is 1. The molecule has 132 valence electrons. The molecular formula is C20H24N2OS2. The van der Waals surface area contributed by atoms with Crippen molar-refractivity contribution < 1.29 is 4.79 Å². The van der Waals surface area contributed by atoms with Crippen molar-refractivity contribution >= 4 is 33.6 Å². The van der Waals surface area contributed by atoms with Gasteiger partial charge in [-0.05, 0) is 60.1 Å². The van der Waals surface area contributed by atoms with Gasteiger partial charge in [0.1, 0.15) is 11.1 Å². The first-order chi connectivity index (χ1) is 11.9. The number of hydrogen-bond acceptors (Lipinski definition) is 4. The van der Waals surface area contributed by atoms with Crippen molar-refractivity contribution in [1.29, 1.82) is 5.26 Å². The molecule has 0 saturated carbocycles. The molecular weight excluding hydrogens is 348 g/mol. The van der Waals surface area contributed by atoms with E-state index in [1.165, 1.54) is 16.2 Å². The monoisotopic (exact) mass is 372 g/mol. The Morgan fingerprint density at radius 3 is 2.84 bits per heavy atom. The molecule has 3 rings (SSSR count). The van der Waals surface area contributed by atoms with Gasteiger partial charge in [-0.25, -0.2) is 0 Å². The molecule has 1 N–H and O–H groups in total. The largest absolute Gasteiger partial charge is 0.312 e. The third kappa shape index (κ3) is 3.38. The normalized spacial score (nSPS) is 17.0. The Labute approximate surface area is 157 Å². The van der Waals surface area contributed by atoms with Gasteiger partial charge >= 0.3 is 0 Å². The minimum atomic E-state index is -0.104. The zero-order valence-electron chi connectivity index (χ0n) is 15.2. The Bertz CT molecular complexity index is 838. The van der Waals surface area contributed by atoms with E-state index in [1.54, 1.807) is 11.3 Å². The van der Waals surface area contributed by atoms with Crippen LogP contribution in [0.15, 0.2) is 11.4 Å². The number of aryl methyl sites for hydroxylation is 1. The molecule has 1 aliphatic rings. The molecule has 0 saturated heterocycles. The van der Waals surface area contributed by atoms with Crippen LogP contribution in [0.2, 0.25) is 0 Å². The molecule has 1 atom stereocenters. The Morgan fingerprint density at radius 2 is 2.24 bits per heavy atom. The van der Waals surface area contributed by atoms with Crippen LogP contribution in [0, 0.1) is 29.6 Å².